The van der Waals surface area contributed by atoms with E-state index in [1.165, 1.54) is 11.5 Å². The van der Waals surface area contributed by atoms with Crippen LogP contribution in [0.25, 0.3) is 10.1 Å². The van der Waals surface area contributed by atoms with Gasteiger partial charge >= 0.3 is 0 Å². The molecule has 5 heteroatoms. The van der Waals surface area contributed by atoms with E-state index in [0.29, 0.717) is 15.4 Å². The van der Waals surface area contributed by atoms with Crippen LogP contribution in [0, 0.1) is 0 Å². The predicted molar refractivity (Wildman–Crippen MR) is 52.5 cm³/mol. The third kappa shape index (κ3) is 1.14. The number of fused-ring (bicyclic) bond motifs is 1. The lowest BCUT2D eigenvalue weighted by Crippen LogP contribution is -1.96. The van der Waals surface area contributed by atoms with Crippen LogP contribution in [0.2, 0.25) is 10.0 Å². The van der Waals surface area contributed by atoms with Crippen molar-refractivity contribution in [3.8, 4) is 0 Å². The van der Waals surface area contributed by atoms with Crippen LogP contribution in [0.5, 0.6) is 0 Å². The second-order valence-electron chi connectivity index (χ2n) is 2.29. The molecule has 0 radical (unpaired) electrons. The molecule has 1 aromatic carbocycles. The molecule has 0 aliphatic heterocycles. The number of benzene rings is 1. The highest BCUT2D eigenvalue weighted by Gasteiger charge is 2.06. The maximum atomic E-state index is 11.1. The van der Waals surface area contributed by atoms with Gasteiger partial charge in [0.25, 0.3) is 5.56 Å². The zero-order valence-corrected chi connectivity index (χ0v) is 8.06. The molecule has 1 heterocycles. The summed E-state index contributed by atoms with van der Waals surface area (Å²) in [5, 5.41) is 1.47. The Morgan fingerprint density at radius 1 is 1.33 bits per heavy atom. The van der Waals surface area contributed by atoms with Crippen LogP contribution < -0.4 is 5.56 Å². The summed E-state index contributed by atoms with van der Waals surface area (Å²) in [6.07, 6.45) is 0. The molecule has 0 spiro atoms. The summed E-state index contributed by atoms with van der Waals surface area (Å²) in [6, 6.07) is 3.28. The van der Waals surface area contributed by atoms with E-state index in [1.54, 1.807) is 12.1 Å². The van der Waals surface area contributed by atoms with Crippen molar-refractivity contribution in [1.82, 2.24) is 4.37 Å². The average molecular weight is 220 g/mol. The molecule has 1 N–H and O–H groups in total. The summed E-state index contributed by atoms with van der Waals surface area (Å²) in [6.45, 7) is 0. The van der Waals surface area contributed by atoms with Crippen molar-refractivity contribution in [2.45, 2.75) is 0 Å². The molecule has 0 unspecified atom stereocenters. The molecule has 0 aliphatic carbocycles. The zero-order valence-electron chi connectivity index (χ0n) is 5.73. The van der Waals surface area contributed by atoms with E-state index in [4.69, 9.17) is 23.2 Å². The van der Waals surface area contributed by atoms with Crippen molar-refractivity contribution in [2.75, 3.05) is 0 Å². The Morgan fingerprint density at radius 2 is 2.08 bits per heavy atom. The molecule has 0 aliphatic rings. The van der Waals surface area contributed by atoms with Gasteiger partial charge in [0.1, 0.15) is 0 Å². The fraction of sp³-hybridized carbons (Fsp3) is 0. The molecule has 2 nitrogen and oxygen atoms in total. The van der Waals surface area contributed by atoms with Gasteiger partial charge in [-0.25, -0.2) is 0 Å². The first kappa shape index (κ1) is 8.10. The summed E-state index contributed by atoms with van der Waals surface area (Å²) in [5.41, 5.74) is -0.156. The van der Waals surface area contributed by atoms with Crippen molar-refractivity contribution in [1.29, 1.82) is 0 Å². The van der Waals surface area contributed by atoms with Crippen LogP contribution in [0.3, 0.4) is 0 Å². The Hall–Kier alpha value is -0.510. The van der Waals surface area contributed by atoms with Gasteiger partial charge in [-0.05, 0) is 12.1 Å². The van der Waals surface area contributed by atoms with Crippen LogP contribution >= 0.6 is 34.7 Å². The van der Waals surface area contributed by atoms with Gasteiger partial charge in [0.05, 0.1) is 15.1 Å². The van der Waals surface area contributed by atoms with Gasteiger partial charge in [-0.1, -0.05) is 34.7 Å². The van der Waals surface area contributed by atoms with E-state index in [-0.39, 0.29) is 5.56 Å². The van der Waals surface area contributed by atoms with E-state index in [1.807, 2.05) is 0 Å². The maximum Gasteiger partial charge on any atom is 0.267 e. The van der Waals surface area contributed by atoms with Crippen LogP contribution in [-0.2, 0) is 0 Å². The molecule has 0 amide bonds. The molecule has 0 fully saturated rings. The molecule has 0 saturated carbocycles. The standard InChI is InChI=1S/C7H3Cl2NOS/c8-3-1-4(9)6-5(2-3)12-10-7(6)11/h1-2H,(H,10,11). The maximum absolute atomic E-state index is 11.1. The van der Waals surface area contributed by atoms with E-state index in [9.17, 15) is 4.79 Å². The fourth-order valence-electron chi connectivity index (χ4n) is 1.00. The number of halogens is 2. The minimum Gasteiger partial charge on any atom is -0.277 e. The predicted octanol–water partition coefficient (Wildman–Crippen LogP) is 2.90. The van der Waals surface area contributed by atoms with E-state index in [2.05, 4.69) is 4.37 Å². The highest BCUT2D eigenvalue weighted by Crippen LogP contribution is 2.27. The lowest BCUT2D eigenvalue weighted by Gasteiger charge is -1.92. The lowest BCUT2D eigenvalue weighted by molar-refractivity contribution is 1.46. The van der Waals surface area contributed by atoms with Crippen LogP contribution in [0.4, 0.5) is 0 Å². The fourth-order valence-corrected chi connectivity index (χ4v) is 2.50. The molecule has 2 rings (SSSR count). The quantitative estimate of drug-likeness (QED) is 0.727. The number of H-pyrrole nitrogens is 1. The second-order valence-corrected chi connectivity index (χ2v) is 3.99. The number of aromatic nitrogens is 1. The minimum absolute atomic E-state index is 0.156. The van der Waals surface area contributed by atoms with Crippen LogP contribution in [0.15, 0.2) is 16.9 Å². The Kier molecular flexibility index (Phi) is 1.87. The van der Waals surface area contributed by atoms with Gasteiger partial charge in [-0.3, -0.25) is 9.17 Å². The molecule has 0 saturated heterocycles. The molecule has 1 aromatic heterocycles. The first-order valence-electron chi connectivity index (χ1n) is 3.15. The van der Waals surface area contributed by atoms with Gasteiger partial charge in [-0.15, -0.1) is 0 Å². The summed E-state index contributed by atoms with van der Waals surface area (Å²) >= 11 is 12.8. The zero-order chi connectivity index (χ0) is 8.72. The first-order chi connectivity index (χ1) is 5.68. The number of aromatic amines is 1. The SMILES string of the molecule is O=c1[nH]sc2cc(Cl)cc(Cl)c12. The highest BCUT2D eigenvalue weighted by molar-refractivity contribution is 7.13. The summed E-state index contributed by atoms with van der Waals surface area (Å²) in [4.78, 5) is 11.1. The minimum atomic E-state index is -0.156. The largest absolute Gasteiger partial charge is 0.277 e. The van der Waals surface area contributed by atoms with E-state index in [0.717, 1.165) is 4.70 Å². The van der Waals surface area contributed by atoms with E-state index >= 15 is 0 Å². The van der Waals surface area contributed by atoms with Crippen molar-refractivity contribution in [2.24, 2.45) is 0 Å². The number of hydrogen-bond acceptors (Lipinski definition) is 2. The third-order valence-corrected chi connectivity index (χ3v) is 2.85. The smallest absolute Gasteiger partial charge is 0.267 e. The van der Waals surface area contributed by atoms with Crippen molar-refractivity contribution >= 4 is 44.8 Å². The normalized spacial score (nSPS) is 10.8. The van der Waals surface area contributed by atoms with Gasteiger partial charge in [0, 0.05) is 5.02 Å². The third-order valence-electron chi connectivity index (χ3n) is 1.50. The molecular weight excluding hydrogens is 217 g/mol. The summed E-state index contributed by atoms with van der Waals surface area (Å²) in [5.74, 6) is 0. The van der Waals surface area contributed by atoms with Gasteiger partial charge < -0.3 is 0 Å². The van der Waals surface area contributed by atoms with Crippen molar-refractivity contribution in [3.63, 3.8) is 0 Å². The molecular formula is C7H3Cl2NOS. The topological polar surface area (TPSA) is 32.9 Å². The Morgan fingerprint density at radius 3 is 2.83 bits per heavy atom. The van der Waals surface area contributed by atoms with Gasteiger partial charge in [-0.2, -0.15) is 0 Å². The Labute approximate surface area is 81.9 Å². The summed E-state index contributed by atoms with van der Waals surface area (Å²) < 4.78 is 3.38. The molecule has 2 aromatic rings. The van der Waals surface area contributed by atoms with Crippen LogP contribution in [0.1, 0.15) is 0 Å². The second kappa shape index (κ2) is 2.76. The monoisotopic (exact) mass is 219 g/mol. The summed E-state index contributed by atoms with van der Waals surface area (Å²) in [7, 11) is 0. The van der Waals surface area contributed by atoms with E-state index < -0.39 is 0 Å². The van der Waals surface area contributed by atoms with Crippen molar-refractivity contribution < 1.29 is 0 Å². The molecule has 0 atom stereocenters. The van der Waals surface area contributed by atoms with Crippen LogP contribution in [-0.4, -0.2) is 4.37 Å². The lowest BCUT2D eigenvalue weighted by atomic mass is 10.3. The average Bonchev–Trinajstić information content (AvgIpc) is 2.31. The van der Waals surface area contributed by atoms with Crippen molar-refractivity contribution in [3.05, 3.63) is 32.5 Å². The Balaban J connectivity index is 3.03. The highest BCUT2D eigenvalue weighted by atomic mass is 35.5. The number of rotatable bonds is 0. The number of nitrogens with one attached hydrogen (secondary N) is 1. The molecule has 12 heavy (non-hydrogen) atoms. The molecule has 0 bridgehead atoms. The molecule has 62 valence electrons. The number of hydrogen-bond donors (Lipinski definition) is 1. The first-order valence-corrected chi connectivity index (χ1v) is 4.72. The van der Waals surface area contributed by atoms with Gasteiger partial charge in [0.15, 0.2) is 0 Å². The Bertz CT molecular complexity index is 488. The van der Waals surface area contributed by atoms with Gasteiger partial charge in [0.2, 0.25) is 0 Å².